The van der Waals surface area contributed by atoms with Crippen LogP contribution < -0.4 is 5.32 Å². The standard InChI is InChI=1S/C19H13BrFN5OS/c20-13-7-5-12(6-8-13)10-26-11-23-19(25-26)24-17(27)16-9-22-18(28-16)14-3-1-2-4-15(14)21/h1-9,11H,10H2,(H,24,25,27). The number of carbonyl (C=O) groups is 1. The molecular formula is C19H13BrFN5OS. The highest BCUT2D eigenvalue weighted by Crippen LogP contribution is 2.27. The van der Waals surface area contributed by atoms with Gasteiger partial charge >= 0.3 is 0 Å². The van der Waals surface area contributed by atoms with Crippen LogP contribution in [-0.2, 0) is 6.54 Å². The van der Waals surface area contributed by atoms with E-state index in [4.69, 9.17) is 0 Å². The molecule has 0 fully saturated rings. The molecule has 0 atom stereocenters. The Morgan fingerprint density at radius 2 is 1.93 bits per heavy atom. The van der Waals surface area contributed by atoms with Crippen LogP contribution in [-0.4, -0.2) is 25.7 Å². The van der Waals surface area contributed by atoms with Crippen molar-refractivity contribution in [3.05, 3.63) is 81.8 Å². The van der Waals surface area contributed by atoms with E-state index >= 15 is 0 Å². The van der Waals surface area contributed by atoms with Crippen molar-refractivity contribution in [1.29, 1.82) is 0 Å². The Balaban J connectivity index is 1.44. The summed E-state index contributed by atoms with van der Waals surface area (Å²) in [5.41, 5.74) is 1.42. The Labute approximate surface area is 172 Å². The van der Waals surface area contributed by atoms with Crippen molar-refractivity contribution in [2.24, 2.45) is 0 Å². The molecule has 4 aromatic rings. The van der Waals surface area contributed by atoms with Gasteiger partial charge in [0.15, 0.2) is 0 Å². The Kier molecular flexibility index (Phi) is 5.27. The molecule has 0 saturated carbocycles. The van der Waals surface area contributed by atoms with E-state index in [0.29, 0.717) is 22.0 Å². The van der Waals surface area contributed by atoms with Crippen molar-refractivity contribution in [2.75, 3.05) is 5.32 Å². The first-order valence-electron chi connectivity index (χ1n) is 8.24. The summed E-state index contributed by atoms with van der Waals surface area (Å²) in [7, 11) is 0. The number of halogens is 2. The summed E-state index contributed by atoms with van der Waals surface area (Å²) in [6.45, 7) is 0.536. The summed E-state index contributed by atoms with van der Waals surface area (Å²) in [5, 5.41) is 7.34. The quantitative estimate of drug-likeness (QED) is 0.475. The molecule has 0 unspecified atom stereocenters. The molecule has 0 saturated heterocycles. The number of hydrogen-bond acceptors (Lipinski definition) is 5. The molecule has 2 aromatic heterocycles. The lowest BCUT2D eigenvalue weighted by Crippen LogP contribution is -2.12. The van der Waals surface area contributed by atoms with Crippen LogP contribution in [0.3, 0.4) is 0 Å². The van der Waals surface area contributed by atoms with Gasteiger partial charge in [-0.3, -0.25) is 10.1 Å². The minimum absolute atomic E-state index is 0.197. The molecule has 6 nitrogen and oxygen atoms in total. The van der Waals surface area contributed by atoms with Crippen molar-refractivity contribution in [3.63, 3.8) is 0 Å². The van der Waals surface area contributed by atoms with Crippen molar-refractivity contribution >= 4 is 39.1 Å². The number of nitrogens with one attached hydrogen (secondary N) is 1. The van der Waals surface area contributed by atoms with Crippen LogP contribution >= 0.6 is 27.3 Å². The maximum atomic E-state index is 13.9. The molecule has 4 rings (SSSR count). The van der Waals surface area contributed by atoms with Crippen LogP contribution in [0, 0.1) is 5.82 Å². The van der Waals surface area contributed by atoms with E-state index in [-0.39, 0.29) is 17.7 Å². The van der Waals surface area contributed by atoms with Crippen LogP contribution in [0.5, 0.6) is 0 Å². The number of hydrogen-bond donors (Lipinski definition) is 1. The van der Waals surface area contributed by atoms with Gasteiger partial charge in [0, 0.05) is 10.0 Å². The van der Waals surface area contributed by atoms with Gasteiger partial charge in [-0.15, -0.1) is 16.4 Å². The fourth-order valence-electron chi connectivity index (χ4n) is 2.51. The number of anilines is 1. The predicted molar refractivity (Wildman–Crippen MR) is 109 cm³/mol. The molecule has 0 aliphatic rings. The molecule has 0 radical (unpaired) electrons. The Bertz CT molecular complexity index is 1130. The van der Waals surface area contributed by atoms with Gasteiger partial charge in [-0.1, -0.05) is 40.2 Å². The number of nitrogens with zero attached hydrogens (tertiary/aromatic N) is 4. The zero-order valence-corrected chi connectivity index (χ0v) is 16.7. The van der Waals surface area contributed by atoms with Gasteiger partial charge in [-0.25, -0.2) is 19.0 Å². The van der Waals surface area contributed by atoms with E-state index in [2.05, 4.69) is 36.3 Å². The van der Waals surface area contributed by atoms with Crippen LogP contribution in [0.2, 0.25) is 0 Å². The predicted octanol–water partition coefficient (Wildman–Crippen LogP) is 4.60. The van der Waals surface area contributed by atoms with E-state index < -0.39 is 0 Å². The molecule has 0 aliphatic heterocycles. The minimum atomic E-state index is -0.388. The van der Waals surface area contributed by atoms with Crippen LogP contribution in [0.1, 0.15) is 15.2 Å². The second kappa shape index (κ2) is 7.99. The SMILES string of the molecule is O=C(Nc1ncn(Cc2ccc(Br)cc2)n1)c1cnc(-c2ccccc2F)s1. The molecule has 0 bridgehead atoms. The molecular weight excluding hydrogens is 445 g/mol. The van der Waals surface area contributed by atoms with Crippen molar-refractivity contribution < 1.29 is 9.18 Å². The summed E-state index contributed by atoms with van der Waals surface area (Å²) >= 11 is 4.51. The number of carbonyl (C=O) groups excluding carboxylic acids is 1. The van der Waals surface area contributed by atoms with E-state index in [1.807, 2.05) is 24.3 Å². The first kappa shape index (κ1) is 18.5. The minimum Gasteiger partial charge on any atom is -0.288 e. The Morgan fingerprint density at radius 3 is 2.71 bits per heavy atom. The van der Waals surface area contributed by atoms with Gasteiger partial charge in [-0.05, 0) is 29.8 Å². The van der Waals surface area contributed by atoms with E-state index in [0.717, 1.165) is 21.4 Å². The average molecular weight is 458 g/mol. The molecule has 1 amide bonds. The third-order valence-electron chi connectivity index (χ3n) is 3.85. The highest BCUT2D eigenvalue weighted by Gasteiger charge is 2.15. The summed E-state index contributed by atoms with van der Waals surface area (Å²) in [6.07, 6.45) is 2.97. The first-order valence-corrected chi connectivity index (χ1v) is 9.85. The Hall–Kier alpha value is -2.91. The molecule has 140 valence electrons. The van der Waals surface area contributed by atoms with E-state index in [1.54, 1.807) is 29.2 Å². The van der Waals surface area contributed by atoms with Gasteiger partial charge in [0.25, 0.3) is 5.91 Å². The maximum Gasteiger partial charge on any atom is 0.269 e. The maximum absolute atomic E-state index is 13.9. The number of benzene rings is 2. The molecule has 0 spiro atoms. The lowest BCUT2D eigenvalue weighted by Gasteiger charge is -2.01. The fraction of sp³-hybridized carbons (Fsp3) is 0.0526. The first-order chi connectivity index (χ1) is 13.6. The van der Waals surface area contributed by atoms with Gasteiger partial charge in [-0.2, -0.15) is 0 Å². The van der Waals surface area contributed by atoms with Crippen LogP contribution in [0.15, 0.2) is 65.5 Å². The Morgan fingerprint density at radius 1 is 1.14 bits per heavy atom. The van der Waals surface area contributed by atoms with Gasteiger partial charge in [0.2, 0.25) is 5.95 Å². The lowest BCUT2D eigenvalue weighted by molar-refractivity contribution is 0.102. The topological polar surface area (TPSA) is 72.7 Å². The van der Waals surface area contributed by atoms with Gasteiger partial charge < -0.3 is 0 Å². The van der Waals surface area contributed by atoms with Crippen LogP contribution in [0.25, 0.3) is 10.6 Å². The van der Waals surface area contributed by atoms with Gasteiger partial charge in [0.1, 0.15) is 22.0 Å². The summed E-state index contributed by atoms with van der Waals surface area (Å²) < 4.78 is 16.5. The molecule has 1 N–H and O–H groups in total. The molecule has 2 heterocycles. The molecule has 2 aromatic carbocycles. The van der Waals surface area contributed by atoms with Crippen molar-refractivity contribution in [3.8, 4) is 10.6 Å². The molecule has 28 heavy (non-hydrogen) atoms. The normalized spacial score (nSPS) is 10.8. The number of amides is 1. The third kappa shape index (κ3) is 4.15. The smallest absolute Gasteiger partial charge is 0.269 e. The summed E-state index contributed by atoms with van der Waals surface area (Å²) in [6, 6.07) is 14.2. The van der Waals surface area contributed by atoms with E-state index in [9.17, 15) is 9.18 Å². The van der Waals surface area contributed by atoms with Crippen molar-refractivity contribution in [1.82, 2.24) is 19.7 Å². The fourth-order valence-corrected chi connectivity index (χ4v) is 3.61. The monoisotopic (exact) mass is 457 g/mol. The number of thiazole rings is 1. The van der Waals surface area contributed by atoms with E-state index in [1.165, 1.54) is 12.3 Å². The van der Waals surface area contributed by atoms with Gasteiger partial charge in [0.05, 0.1) is 12.7 Å². The molecule has 9 heteroatoms. The highest BCUT2D eigenvalue weighted by molar-refractivity contribution is 9.10. The number of aromatic nitrogens is 4. The average Bonchev–Trinajstić information content (AvgIpc) is 3.34. The van der Waals surface area contributed by atoms with Crippen LogP contribution in [0.4, 0.5) is 10.3 Å². The summed E-state index contributed by atoms with van der Waals surface area (Å²) in [5.74, 6) is -0.568. The zero-order chi connectivity index (χ0) is 19.5. The van der Waals surface area contributed by atoms with Crippen molar-refractivity contribution in [2.45, 2.75) is 6.54 Å². The second-order valence-electron chi connectivity index (χ2n) is 5.86. The summed E-state index contributed by atoms with van der Waals surface area (Å²) in [4.78, 5) is 21.0. The second-order valence-corrected chi connectivity index (χ2v) is 7.80. The zero-order valence-electron chi connectivity index (χ0n) is 14.3. The number of rotatable bonds is 5. The largest absolute Gasteiger partial charge is 0.288 e. The highest BCUT2D eigenvalue weighted by atomic mass is 79.9. The molecule has 0 aliphatic carbocycles. The third-order valence-corrected chi connectivity index (χ3v) is 5.41. The lowest BCUT2D eigenvalue weighted by atomic mass is 10.2.